The minimum Gasteiger partial charge on any atom is -0.334 e. The van der Waals surface area contributed by atoms with Crippen LogP contribution in [0.3, 0.4) is 0 Å². The van der Waals surface area contributed by atoms with E-state index in [1.807, 2.05) is 0 Å². The van der Waals surface area contributed by atoms with Crippen LogP contribution in [0.1, 0.15) is 29.5 Å². The van der Waals surface area contributed by atoms with Gasteiger partial charge >= 0.3 is 12.2 Å². The third kappa shape index (κ3) is 3.71. The fourth-order valence-electron chi connectivity index (χ4n) is 3.53. The van der Waals surface area contributed by atoms with E-state index in [0.717, 1.165) is 32.0 Å². The molecule has 2 saturated heterocycles. The first kappa shape index (κ1) is 17.5. The smallest absolute Gasteiger partial charge is 0.334 e. The predicted molar refractivity (Wildman–Crippen MR) is 84.5 cm³/mol. The second-order valence-electron chi connectivity index (χ2n) is 6.75. The van der Waals surface area contributed by atoms with Gasteiger partial charge in [-0.25, -0.2) is 4.79 Å². The third-order valence-corrected chi connectivity index (χ3v) is 4.98. The molecule has 2 fully saturated rings. The Bertz CT molecular complexity index is 697. The molecule has 2 aliphatic heterocycles. The average molecular weight is 352 g/mol. The van der Waals surface area contributed by atoms with Gasteiger partial charge in [-0.1, -0.05) is 6.07 Å². The van der Waals surface area contributed by atoms with Gasteiger partial charge in [-0.3, -0.25) is 0 Å². The Kier molecular flexibility index (Phi) is 4.60. The number of hydrogen-bond donors (Lipinski definition) is 2. The van der Waals surface area contributed by atoms with E-state index >= 15 is 0 Å². The van der Waals surface area contributed by atoms with Crippen molar-refractivity contribution in [1.82, 2.24) is 15.5 Å². The molecule has 5 nitrogen and oxygen atoms in total. The van der Waals surface area contributed by atoms with Gasteiger partial charge in [0.25, 0.3) is 0 Å². The van der Waals surface area contributed by atoms with E-state index in [1.54, 1.807) is 11.0 Å². The molecule has 3 rings (SSSR count). The van der Waals surface area contributed by atoms with Crippen molar-refractivity contribution in [2.24, 2.45) is 5.41 Å². The van der Waals surface area contributed by atoms with Crippen molar-refractivity contribution in [2.75, 3.05) is 26.2 Å². The second kappa shape index (κ2) is 6.56. The van der Waals surface area contributed by atoms with E-state index < -0.39 is 11.7 Å². The zero-order valence-corrected chi connectivity index (χ0v) is 13.6. The maximum Gasteiger partial charge on any atom is 0.416 e. The Labute approximate surface area is 143 Å². The first-order valence-corrected chi connectivity index (χ1v) is 8.17. The third-order valence-electron chi connectivity index (χ3n) is 4.98. The summed E-state index contributed by atoms with van der Waals surface area (Å²) in [6, 6.07) is 4.74. The van der Waals surface area contributed by atoms with Gasteiger partial charge in [-0.15, -0.1) is 0 Å². The molecule has 0 radical (unpaired) electrons. The number of carbonyl (C=O) groups is 1. The SMILES string of the molecule is N#Cc1ccc(CNC(=O)N2CC3(CCNCC3)C2)c(C(F)(F)F)c1. The molecule has 0 saturated carbocycles. The summed E-state index contributed by atoms with van der Waals surface area (Å²) in [5.74, 6) is 0. The molecule has 2 amide bonds. The largest absolute Gasteiger partial charge is 0.416 e. The Balaban J connectivity index is 1.60. The number of urea groups is 1. The topological polar surface area (TPSA) is 68.2 Å². The van der Waals surface area contributed by atoms with Crippen molar-refractivity contribution in [2.45, 2.75) is 25.6 Å². The van der Waals surface area contributed by atoms with Gasteiger partial charge in [0.1, 0.15) is 0 Å². The van der Waals surface area contributed by atoms with Crippen LogP contribution in [-0.2, 0) is 12.7 Å². The summed E-state index contributed by atoms with van der Waals surface area (Å²) in [6.07, 6.45) is -2.53. The first-order chi connectivity index (χ1) is 11.8. The molecule has 0 unspecified atom stereocenters. The summed E-state index contributed by atoms with van der Waals surface area (Å²) in [7, 11) is 0. The van der Waals surface area contributed by atoms with Crippen LogP contribution in [0.25, 0.3) is 0 Å². The number of amides is 2. The number of likely N-dealkylation sites (tertiary alicyclic amines) is 1. The maximum absolute atomic E-state index is 13.1. The van der Waals surface area contributed by atoms with Crippen molar-refractivity contribution in [3.8, 4) is 6.07 Å². The number of piperidine rings is 1. The summed E-state index contributed by atoms with van der Waals surface area (Å²) < 4.78 is 39.4. The number of alkyl halides is 3. The summed E-state index contributed by atoms with van der Waals surface area (Å²) in [4.78, 5) is 13.8. The summed E-state index contributed by atoms with van der Waals surface area (Å²) in [5, 5.41) is 14.6. The average Bonchev–Trinajstić information content (AvgIpc) is 2.57. The standard InChI is InChI=1S/C17H19F3N4O/c18-17(19,20)14-7-12(8-21)1-2-13(14)9-23-15(25)24-10-16(11-24)3-5-22-6-4-16/h1-2,7,22H,3-6,9-11H2,(H,23,25). The number of nitrogens with one attached hydrogen (secondary N) is 2. The van der Waals surface area contributed by atoms with Crippen LogP contribution in [0.5, 0.6) is 0 Å². The minimum absolute atomic E-state index is 0.0445. The van der Waals surface area contributed by atoms with Gasteiger partial charge in [0.2, 0.25) is 0 Å². The van der Waals surface area contributed by atoms with Crippen LogP contribution in [0.4, 0.5) is 18.0 Å². The molecule has 1 aromatic rings. The Hall–Kier alpha value is -2.27. The number of benzene rings is 1. The van der Waals surface area contributed by atoms with Crippen molar-refractivity contribution < 1.29 is 18.0 Å². The molecule has 0 atom stereocenters. The number of hydrogen-bond acceptors (Lipinski definition) is 3. The van der Waals surface area contributed by atoms with E-state index in [2.05, 4.69) is 10.6 Å². The molecule has 25 heavy (non-hydrogen) atoms. The molecule has 1 aromatic carbocycles. The van der Waals surface area contributed by atoms with Gasteiger partial charge in [0.05, 0.1) is 17.2 Å². The van der Waals surface area contributed by atoms with Crippen molar-refractivity contribution >= 4 is 6.03 Å². The minimum atomic E-state index is -4.57. The van der Waals surface area contributed by atoms with Gasteiger partial charge in [0.15, 0.2) is 0 Å². The number of rotatable bonds is 2. The highest BCUT2D eigenvalue weighted by Gasteiger charge is 2.45. The number of halogens is 3. The lowest BCUT2D eigenvalue weighted by molar-refractivity contribution is -0.138. The first-order valence-electron chi connectivity index (χ1n) is 8.17. The predicted octanol–water partition coefficient (Wildman–Crippen LogP) is 2.47. The van der Waals surface area contributed by atoms with E-state index in [1.165, 1.54) is 12.1 Å². The highest BCUT2D eigenvalue weighted by molar-refractivity contribution is 5.75. The summed E-state index contributed by atoms with van der Waals surface area (Å²) >= 11 is 0. The number of nitriles is 1. The number of nitrogens with zero attached hydrogens (tertiary/aromatic N) is 2. The lowest BCUT2D eigenvalue weighted by Gasteiger charge is -2.52. The molecule has 0 aliphatic carbocycles. The quantitative estimate of drug-likeness (QED) is 0.859. The van der Waals surface area contributed by atoms with Crippen LogP contribution >= 0.6 is 0 Å². The molecule has 2 heterocycles. The van der Waals surface area contributed by atoms with E-state index in [0.29, 0.717) is 13.1 Å². The van der Waals surface area contributed by atoms with Gasteiger partial charge < -0.3 is 15.5 Å². The lowest BCUT2D eigenvalue weighted by atomic mass is 9.72. The molecule has 1 spiro atoms. The highest BCUT2D eigenvalue weighted by atomic mass is 19.4. The van der Waals surface area contributed by atoms with Crippen LogP contribution in [0.2, 0.25) is 0 Å². The van der Waals surface area contributed by atoms with E-state index in [4.69, 9.17) is 5.26 Å². The fourth-order valence-corrected chi connectivity index (χ4v) is 3.53. The summed E-state index contributed by atoms with van der Waals surface area (Å²) in [6.45, 7) is 2.97. The zero-order valence-electron chi connectivity index (χ0n) is 13.6. The monoisotopic (exact) mass is 352 g/mol. The fraction of sp³-hybridized carbons (Fsp3) is 0.529. The summed E-state index contributed by atoms with van der Waals surface area (Å²) in [5.41, 5.74) is -0.811. The van der Waals surface area contributed by atoms with Gasteiger partial charge in [-0.05, 0) is 43.6 Å². The van der Waals surface area contributed by atoms with Crippen LogP contribution in [0.15, 0.2) is 18.2 Å². The van der Waals surface area contributed by atoms with Crippen LogP contribution in [0, 0.1) is 16.7 Å². The van der Waals surface area contributed by atoms with Crippen molar-refractivity contribution in [3.05, 3.63) is 34.9 Å². The Morgan fingerprint density at radius 3 is 2.60 bits per heavy atom. The molecule has 134 valence electrons. The van der Waals surface area contributed by atoms with Crippen LogP contribution < -0.4 is 10.6 Å². The maximum atomic E-state index is 13.1. The molecule has 2 aliphatic rings. The second-order valence-corrected chi connectivity index (χ2v) is 6.75. The van der Waals surface area contributed by atoms with E-state index in [9.17, 15) is 18.0 Å². The molecule has 8 heteroatoms. The molecular weight excluding hydrogens is 333 g/mol. The normalized spacial score (nSPS) is 19.2. The van der Waals surface area contributed by atoms with Gasteiger partial charge in [0, 0.05) is 25.0 Å². The zero-order chi connectivity index (χ0) is 18.1. The van der Waals surface area contributed by atoms with Gasteiger partial charge in [-0.2, -0.15) is 18.4 Å². The van der Waals surface area contributed by atoms with Crippen molar-refractivity contribution in [3.63, 3.8) is 0 Å². The molecular formula is C17H19F3N4O. The molecule has 0 bridgehead atoms. The Morgan fingerprint density at radius 1 is 1.32 bits per heavy atom. The van der Waals surface area contributed by atoms with Crippen LogP contribution in [-0.4, -0.2) is 37.1 Å². The highest BCUT2D eigenvalue weighted by Crippen LogP contribution is 2.38. The van der Waals surface area contributed by atoms with Crippen molar-refractivity contribution in [1.29, 1.82) is 5.26 Å². The lowest BCUT2D eigenvalue weighted by Crippen LogP contribution is -2.63. The number of carbonyl (C=O) groups excluding carboxylic acids is 1. The van der Waals surface area contributed by atoms with E-state index in [-0.39, 0.29) is 29.1 Å². The molecule has 2 N–H and O–H groups in total. The molecule has 0 aromatic heterocycles. The Morgan fingerprint density at radius 2 is 2.00 bits per heavy atom.